The first-order chi connectivity index (χ1) is 8.54. The Balaban J connectivity index is 2.52. The van der Waals surface area contributed by atoms with Crippen molar-refractivity contribution in [3.8, 4) is 5.75 Å². The largest absolute Gasteiger partial charge is 0.491 e. The lowest BCUT2D eigenvalue weighted by Crippen LogP contribution is -2.23. The average molecular weight is 254 g/mol. The minimum atomic E-state index is -0.624. The molecule has 0 aliphatic rings. The van der Waals surface area contributed by atoms with E-state index >= 15 is 0 Å². The van der Waals surface area contributed by atoms with E-state index in [-0.39, 0.29) is 13.2 Å². The molecule has 0 bridgehead atoms. The summed E-state index contributed by atoms with van der Waals surface area (Å²) in [4.78, 5) is 0. The molecular formula is C14H22O4. The van der Waals surface area contributed by atoms with E-state index in [1.807, 2.05) is 32.0 Å². The minimum Gasteiger partial charge on any atom is -0.491 e. The van der Waals surface area contributed by atoms with Gasteiger partial charge in [-0.25, -0.2) is 0 Å². The topological polar surface area (TPSA) is 58.9 Å². The Labute approximate surface area is 108 Å². The molecule has 4 heteroatoms. The highest BCUT2D eigenvalue weighted by Gasteiger charge is 2.08. The molecule has 0 spiro atoms. The summed E-state index contributed by atoms with van der Waals surface area (Å²) < 4.78 is 10.6. The van der Waals surface area contributed by atoms with Crippen molar-refractivity contribution in [1.82, 2.24) is 0 Å². The molecule has 0 saturated heterocycles. The zero-order valence-corrected chi connectivity index (χ0v) is 11.2. The van der Waals surface area contributed by atoms with E-state index in [9.17, 15) is 10.2 Å². The van der Waals surface area contributed by atoms with Crippen LogP contribution in [0.3, 0.4) is 0 Å². The van der Waals surface area contributed by atoms with E-state index in [1.54, 1.807) is 6.92 Å². The fourth-order valence-electron chi connectivity index (χ4n) is 1.58. The summed E-state index contributed by atoms with van der Waals surface area (Å²) in [6.45, 7) is 6.58. The van der Waals surface area contributed by atoms with Gasteiger partial charge >= 0.3 is 0 Å². The van der Waals surface area contributed by atoms with Crippen molar-refractivity contribution in [2.45, 2.75) is 33.0 Å². The lowest BCUT2D eigenvalue weighted by molar-refractivity contribution is 0.0163. The van der Waals surface area contributed by atoms with Crippen molar-refractivity contribution >= 4 is 0 Å². The monoisotopic (exact) mass is 254 g/mol. The predicted octanol–water partition coefficient (Wildman–Crippen LogP) is 1.82. The lowest BCUT2D eigenvalue weighted by Gasteiger charge is -2.15. The molecule has 1 unspecified atom stereocenters. The molecule has 2 N–H and O–H groups in total. The molecule has 0 aliphatic carbocycles. The van der Waals surface area contributed by atoms with Gasteiger partial charge in [-0.1, -0.05) is 6.07 Å². The van der Waals surface area contributed by atoms with E-state index in [0.717, 1.165) is 16.9 Å². The van der Waals surface area contributed by atoms with Gasteiger partial charge in [-0.05, 0) is 44.0 Å². The summed E-state index contributed by atoms with van der Waals surface area (Å²) in [7, 11) is 0. The third kappa shape index (κ3) is 4.64. The van der Waals surface area contributed by atoms with E-state index in [4.69, 9.17) is 9.47 Å². The predicted molar refractivity (Wildman–Crippen MR) is 69.8 cm³/mol. The Morgan fingerprint density at radius 3 is 2.50 bits per heavy atom. The summed E-state index contributed by atoms with van der Waals surface area (Å²) in [5, 5.41) is 19.0. The van der Waals surface area contributed by atoms with Gasteiger partial charge < -0.3 is 19.7 Å². The van der Waals surface area contributed by atoms with E-state index in [2.05, 4.69) is 0 Å². The van der Waals surface area contributed by atoms with Crippen LogP contribution in [0.5, 0.6) is 5.75 Å². The summed E-state index contributed by atoms with van der Waals surface area (Å²) in [5.74, 6) is 0.718. The fraction of sp³-hybridized carbons (Fsp3) is 0.571. The standard InChI is InChI=1S/C14H22O4/c1-4-17-8-13(16)9-18-14-6-5-12(11(3)15)7-10(14)2/h5-7,11,13,15-16H,4,8-9H2,1-3H3/t11-,13?/m1/s1. The van der Waals surface area contributed by atoms with Crippen LogP contribution in [0.15, 0.2) is 18.2 Å². The van der Waals surface area contributed by atoms with Crippen LogP contribution in [0.2, 0.25) is 0 Å². The number of benzene rings is 1. The molecule has 0 aliphatic heterocycles. The number of ether oxygens (including phenoxy) is 2. The second-order valence-electron chi connectivity index (χ2n) is 4.33. The van der Waals surface area contributed by atoms with Gasteiger partial charge in [0, 0.05) is 6.61 Å². The molecule has 0 radical (unpaired) electrons. The summed E-state index contributed by atoms with van der Waals surface area (Å²) in [6, 6.07) is 5.52. The molecule has 0 heterocycles. The lowest BCUT2D eigenvalue weighted by atomic mass is 10.1. The van der Waals surface area contributed by atoms with Crippen LogP contribution in [-0.4, -0.2) is 36.1 Å². The molecule has 4 nitrogen and oxygen atoms in total. The molecule has 1 rings (SSSR count). The first kappa shape index (κ1) is 15.0. The maximum atomic E-state index is 9.59. The highest BCUT2D eigenvalue weighted by molar-refractivity contribution is 5.36. The van der Waals surface area contributed by atoms with Crippen LogP contribution >= 0.6 is 0 Å². The summed E-state index contributed by atoms with van der Waals surface area (Å²) in [6.07, 6.45) is -1.11. The van der Waals surface area contributed by atoms with Crippen LogP contribution < -0.4 is 4.74 Å². The average Bonchev–Trinajstić information content (AvgIpc) is 2.34. The van der Waals surface area contributed by atoms with Crippen molar-refractivity contribution in [3.63, 3.8) is 0 Å². The summed E-state index contributed by atoms with van der Waals surface area (Å²) >= 11 is 0. The van der Waals surface area contributed by atoms with Gasteiger partial charge in [0.15, 0.2) is 0 Å². The van der Waals surface area contributed by atoms with E-state index in [1.165, 1.54) is 0 Å². The van der Waals surface area contributed by atoms with Gasteiger partial charge in [0.25, 0.3) is 0 Å². The number of hydrogen-bond acceptors (Lipinski definition) is 4. The number of hydrogen-bond donors (Lipinski definition) is 2. The van der Waals surface area contributed by atoms with Crippen LogP contribution in [-0.2, 0) is 4.74 Å². The van der Waals surface area contributed by atoms with Crippen molar-refractivity contribution in [1.29, 1.82) is 0 Å². The molecule has 102 valence electrons. The van der Waals surface area contributed by atoms with Crippen LogP contribution in [0.1, 0.15) is 31.1 Å². The first-order valence-electron chi connectivity index (χ1n) is 6.21. The summed E-state index contributed by atoms with van der Waals surface area (Å²) in [5.41, 5.74) is 1.80. The van der Waals surface area contributed by atoms with Crippen molar-refractivity contribution in [2.24, 2.45) is 0 Å². The number of rotatable bonds is 7. The van der Waals surface area contributed by atoms with E-state index in [0.29, 0.717) is 6.61 Å². The Bertz CT molecular complexity index is 363. The number of aliphatic hydroxyl groups excluding tert-OH is 2. The first-order valence-corrected chi connectivity index (χ1v) is 6.21. The Morgan fingerprint density at radius 1 is 1.22 bits per heavy atom. The normalized spacial score (nSPS) is 14.3. The van der Waals surface area contributed by atoms with Gasteiger partial charge in [0.2, 0.25) is 0 Å². The van der Waals surface area contributed by atoms with Gasteiger partial charge in [-0.2, -0.15) is 0 Å². The van der Waals surface area contributed by atoms with Crippen molar-refractivity contribution < 1.29 is 19.7 Å². The van der Waals surface area contributed by atoms with E-state index < -0.39 is 12.2 Å². The van der Waals surface area contributed by atoms with Crippen molar-refractivity contribution in [3.05, 3.63) is 29.3 Å². The van der Waals surface area contributed by atoms with Crippen LogP contribution in [0, 0.1) is 6.92 Å². The third-order valence-electron chi connectivity index (χ3n) is 2.63. The Hall–Kier alpha value is -1.10. The SMILES string of the molecule is CCOCC(O)COc1ccc([C@@H](C)O)cc1C. The van der Waals surface area contributed by atoms with Gasteiger partial charge in [-0.3, -0.25) is 0 Å². The van der Waals surface area contributed by atoms with Crippen LogP contribution in [0.4, 0.5) is 0 Å². The number of aliphatic hydroxyl groups is 2. The molecule has 2 atom stereocenters. The second kappa shape index (κ2) is 7.36. The molecule has 1 aromatic carbocycles. The van der Waals surface area contributed by atoms with Crippen molar-refractivity contribution in [2.75, 3.05) is 19.8 Å². The quantitative estimate of drug-likeness (QED) is 0.779. The molecule has 0 fully saturated rings. The molecule has 1 aromatic rings. The molecular weight excluding hydrogens is 232 g/mol. The maximum absolute atomic E-state index is 9.59. The second-order valence-corrected chi connectivity index (χ2v) is 4.33. The Morgan fingerprint density at radius 2 is 1.94 bits per heavy atom. The molecule has 0 saturated carbocycles. The smallest absolute Gasteiger partial charge is 0.122 e. The zero-order valence-electron chi connectivity index (χ0n) is 11.2. The van der Waals surface area contributed by atoms with Gasteiger partial charge in [-0.15, -0.1) is 0 Å². The fourth-order valence-corrected chi connectivity index (χ4v) is 1.58. The third-order valence-corrected chi connectivity index (χ3v) is 2.63. The molecule has 0 aromatic heterocycles. The maximum Gasteiger partial charge on any atom is 0.122 e. The van der Waals surface area contributed by atoms with Gasteiger partial charge in [0.1, 0.15) is 18.5 Å². The highest BCUT2D eigenvalue weighted by Crippen LogP contribution is 2.22. The highest BCUT2D eigenvalue weighted by atomic mass is 16.5. The minimum absolute atomic E-state index is 0.203. The van der Waals surface area contributed by atoms with Gasteiger partial charge in [0.05, 0.1) is 12.7 Å². The molecule has 0 amide bonds. The molecule has 18 heavy (non-hydrogen) atoms. The zero-order chi connectivity index (χ0) is 13.5. The van der Waals surface area contributed by atoms with Crippen LogP contribution in [0.25, 0.3) is 0 Å². The number of aryl methyl sites for hydroxylation is 1. The Kier molecular flexibility index (Phi) is 6.12.